The Kier molecular flexibility index (Phi) is 4.52. The number of carboxylic acid groups (broad SMARTS) is 1. The lowest BCUT2D eigenvalue weighted by molar-refractivity contribution is -0.145. The summed E-state index contributed by atoms with van der Waals surface area (Å²) in [6.07, 6.45) is 0.684. The van der Waals surface area contributed by atoms with Crippen molar-refractivity contribution in [2.24, 2.45) is 5.41 Å². The van der Waals surface area contributed by atoms with E-state index >= 15 is 0 Å². The molecule has 6 heteroatoms. The number of rotatable bonds is 5. The molecule has 2 aromatic carbocycles. The fourth-order valence-electron chi connectivity index (χ4n) is 3.86. The molecule has 0 fully saturated rings. The van der Waals surface area contributed by atoms with Crippen LogP contribution in [0.5, 0.6) is 0 Å². The van der Waals surface area contributed by atoms with E-state index in [-0.39, 0.29) is 18.9 Å². The Morgan fingerprint density at radius 1 is 1.11 bits per heavy atom. The highest BCUT2D eigenvalue weighted by molar-refractivity contribution is 9.10. The predicted octanol–water partition coefficient (Wildman–Crippen LogP) is 4.07. The van der Waals surface area contributed by atoms with Crippen LogP contribution >= 0.6 is 15.9 Å². The van der Waals surface area contributed by atoms with Crippen LogP contribution < -0.4 is 5.32 Å². The molecule has 5 nitrogen and oxygen atoms in total. The van der Waals surface area contributed by atoms with E-state index < -0.39 is 11.4 Å². The highest BCUT2D eigenvalue weighted by Crippen LogP contribution is 2.40. The van der Waals surface area contributed by atoms with E-state index in [2.05, 4.69) is 21.2 Å². The maximum Gasteiger partial charge on any atom is 0.304 e. The molecule has 1 aliphatic rings. The molecular formula is C21H18BrNO4. The number of carbonyl (C=O) groups is 2. The molecule has 0 atom stereocenters. The largest absolute Gasteiger partial charge is 0.481 e. The lowest BCUT2D eigenvalue weighted by Crippen LogP contribution is -2.43. The number of furan rings is 1. The molecule has 0 radical (unpaired) electrons. The summed E-state index contributed by atoms with van der Waals surface area (Å²) in [5.74, 6) is -0.577. The van der Waals surface area contributed by atoms with Gasteiger partial charge in [0, 0.05) is 9.86 Å². The van der Waals surface area contributed by atoms with Gasteiger partial charge in [-0.25, -0.2) is 0 Å². The fraction of sp³-hybridized carbons (Fsp3) is 0.238. The van der Waals surface area contributed by atoms with Crippen molar-refractivity contribution in [3.05, 3.63) is 69.9 Å². The molecule has 138 valence electrons. The molecule has 0 saturated carbocycles. The van der Waals surface area contributed by atoms with E-state index in [1.54, 1.807) is 0 Å². The van der Waals surface area contributed by atoms with E-state index in [1.807, 2.05) is 48.5 Å². The first-order valence-corrected chi connectivity index (χ1v) is 9.49. The molecular weight excluding hydrogens is 410 g/mol. The number of carboxylic acids is 1. The van der Waals surface area contributed by atoms with Crippen molar-refractivity contribution in [1.82, 2.24) is 5.32 Å². The van der Waals surface area contributed by atoms with Crippen LogP contribution in [0.2, 0.25) is 0 Å². The highest BCUT2D eigenvalue weighted by Gasteiger charge is 2.45. The van der Waals surface area contributed by atoms with Crippen LogP contribution in [0.4, 0.5) is 0 Å². The van der Waals surface area contributed by atoms with Gasteiger partial charge in [-0.05, 0) is 48.2 Å². The maximum atomic E-state index is 13.0. The highest BCUT2D eigenvalue weighted by atomic mass is 79.9. The number of hydrogen-bond acceptors (Lipinski definition) is 3. The maximum absolute atomic E-state index is 13.0. The zero-order valence-electron chi connectivity index (χ0n) is 14.5. The van der Waals surface area contributed by atoms with Crippen LogP contribution in [0.3, 0.4) is 0 Å². The van der Waals surface area contributed by atoms with Gasteiger partial charge in [-0.2, -0.15) is 0 Å². The Morgan fingerprint density at radius 2 is 1.81 bits per heavy atom. The minimum atomic E-state index is -0.966. The number of aliphatic carboxylic acids is 1. The van der Waals surface area contributed by atoms with Gasteiger partial charge in [0.15, 0.2) is 0 Å². The summed E-state index contributed by atoms with van der Waals surface area (Å²) >= 11 is 3.43. The first kappa shape index (κ1) is 17.8. The third-order valence-electron chi connectivity index (χ3n) is 5.10. The first-order valence-electron chi connectivity index (χ1n) is 8.70. The van der Waals surface area contributed by atoms with E-state index in [9.17, 15) is 14.7 Å². The normalized spacial score (nSPS) is 14.9. The molecule has 1 amide bonds. The van der Waals surface area contributed by atoms with Gasteiger partial charge in [0.2, 0.25) is 5.91 Å². The van der Waals surface area contributed by atoms with Crippen LogP contribution in [0.15, 0.2) is 57.4 Å². The Morgan fingerprint density at radius 3 is 2.48 bits per heavy atom. The monoisotopic (exact) mass is 427 g/mol. The molecule has 0 spiro atoms. The van der Waals surface area contributed by atoms with Crippen LogP contribution in [-0.2, 0) is 29.0 Å². The van der Waals surface area contributed by atoms with Crippen LogP contribution in [0.1, 0.15) is 23.3 Å². The summed E-state index contributed by atoms with van der Waals surface area (Å²) in [5, 5.41) is 13.2. The molecule has 3 aromatic rings. The summed E-state index contributed by atoms with van der Waals surface area (Å²) in [4.78, 5) is 24.4. The van der Waals surface area contributed by atoms with Gasteiger partial charge in [0.25, 0.3) is 0 Å². The van der Waals surface area contributed by atoms with Crippen molar-refractivity contribution >= 4 is 38.8 Å². The third-order valence-corrected chi connectivity index (χ3v) is 5.59. The van der Waals surface area contributed by atoms with Crippen molar-refractivity contribution < 1.29 is 19.1 Å². The SMILES string of the molecule is O=C(O)CC1(C(=O)NCc2cc3cc(Br)ccc3o2)Cc2ccccc2C1. The van der Waals surface area contributed by atoms with Crippen molar-refractivity contribution in [3.8, 4) is 0 Å². The molecule has 0 saturated heterocycles. The van der Waals surface area contributed by atoms with Gasteiger partial charge in [-0.15, -0.1) is 0 Å². The topological polar surface area (TPSA) is 79.5 Å². The van der Waals surface area contributed by atoms with Crippen LogP contribution in [0, 0.1) is 5.41 Å². The third kappa shape index (κ3) is 3.49. The average molecular weight is 428 g/mol. The second-order valence-electron chi connectivity index (χ2n) is 7.05. The molecule has 1 heterocycles. The molecule has 0 bridgehead atoms. The lowest BCUT2D eigenvalue weighted by Gasteiger charge is -2.25. The van der Waals surface area contributed by atoms with E-state index in [4.69, 9.17) is 4.42 Å². The summed E-state index contributed by atoms with van der Waals surface area (Å²) in [6, 6.07) is 15.3. The van der Waals surface area contributed by atoms with E-state index in [1.165, 1.54) is 0 Å². The molecule has 0 unspecified atom stereocenters. The zero-order chi connectivity index (χ0) is 19.0. The van der Waals surface area contributed by atoms with Crippen molar-refractivity contribution in [3.63, 3.8) is 0 Å². The number of halogens is 1. The molecule has 27 heavy (non-hydrogen) atoms. The van der Waals surface area contributed by atoms with Gasteiger partial charge in [-0.3, -0.25) is 9.59 Å². The number of nitrogens with one attached hydrogen (secondary N) is 1. The zero-order valence-corrected chi connectivity index (χ0v) is 16.1. The van der Waals surface area contributed by atoms with Crippen molar-refractivity contribution in [1.29, 1.82) is 0 Å². The van der Waals surface area contributed by atoms with Gasteiger partial charge in [0.1, 0.15) is 11.3 Å². The number of benzene rings is 2. The predicted molar refractivity (Wildman–Crippen MR) is 104 cm³/mol. The Bertz CT molecular complexity index is 1010. The number of hydrogen-bond donors (Lipinski definition) is 2. The molecule has 2 N–H and O–H groups in total. The number of amides is 1. The standard InChI is InChI=1S/C21H18BrNO4/c22-16-5-6-18-15(7-16)8-17(27-18)12-23-20(26)21(11-19(24)25)9-13-3-1-2-4-14(13)10-21/h1-8H,9-12H2,(H,23,26)(H,24,25). The molecule has 1 aliphatic carbocycles. The summed E-state index contributed by atoms with van der Waals surface area (Å²) in [5.41, 5.74) is 1.88. The quantitative estimate of drug-likeness (QED) is 0.642. The smallest absolute Gasteiger partial charge is 0.304 e. The minimum Gasteiger partial charge on any atom is -0.481 e. The Balaban J connectivity index is 1.53. The minimum absolute atomic E-state index is 0.194. The number of carbonyl (C=O) groups excluding carboxylic acids is 1. The van der Waals surface area contributed by atoms with Gasteiger partial charge in [0.05, 0.1) is 18.4 Å². The second-order valence-corrected chi connectivity index (χ2v) is 7.97. The summed E-state index contributed by atoms with van der Waals surface area (Å²) < 4.78 is 6.71. The van der Waals surface area contributed by atoms with Crippen LogP contribution in [-0.4, -0.2) is 17.0 Å². The first-order chi connectivity index (χ1) is 12.9. The fourth-order valence-corrected chi connectivity index (χ4v) is 4.24. The Hall–Kier alpha value is -2.60. The van der Waals surface area contributed by atoms with Gasteiger partial charge in [-0.1, -0.05) is 40.2 Å². The molecule has 4 rings (SSSR count). The average Bonchev–Trinajstić information content (AvgIpc) is 3.19. The van der Waals surface area contributed by atoms with Crippen LogP contribution in [0.25, 0.3) is 11.0 Å². The van der Waals surface area contributed by atoms with Crippen molar-refractivity contribution in [2.75, 3.05) is 0 Å². The van der Waals surface area contributed by atoms with E-state index in [0.717, 1.165) is 26.6 Å². The summed E-state index contributed by atoms with van der Waals surface area (Å²) in [6.45, 7) is 0.225. The van der Waals surface area contributed by atoms with E-state index in [0.29, 0.717) is 18.6 Å². The van der Waals surface area contributed by atoms with Gasteiger partial charge >= 0.3 is 5.97 Å². The number of fused-ring (bicyclic) bond motifs is 2. The van der Waals surface area contributed by atoms with Crippen molar-refractivity contribution in [2.45, 2.75) is 25.8 Å². The molecule has 0 aliphatic heterocycles. The summed E-state index contributed by atoms with van der Waals surface area (Å²) in [7, 11) is 0. The van der Waals surface area contributed by atoms with Gasteiger partial charge < -0.3 is 14.8 Å². The second kappa shape index (κ2) is 6.85. The molecule has 1 aromatic heterocycles. The Labute approximate surface area is 164 Å². The lowest BCUT2D eigenvalue weighted by atomic mass is 9.80.